The van der Waals surface area contributed by atoms with Crippen molar-refractivity contribution in [3.05, 3.63) is 0 Å². The van der Waals surface area contributed by atoms with Gasteiger partial charge in [-0.1, -0.05) is 13.3 Å². The van der Waals surface area contributed by atoms with E-state index in [0.717, 1.165) is 25.3 Å². The SMILES string of the molecule is CCC1CCN(C(=O)C2CC2)C1C. The third-order valence-electron chi connectivity index (χ3n) is 3.65. The Labute approximate surface area is 80.3 Å². The molecular weight excluding hydrogens is 162 g/mol. The first-order chi connectivity index (χ1) is 6.24. The first-order valence-corrected chi connectivity index (χ1v) is 5.54. The smallest absolute Gasteiger partial charge is 0.225 e. The van der Waals surface area contributed by atoms with Crippen LogP contribution in [0, 0.1) is 11.8 Å². The molecule has 2 rings (SSSR count). The maximum absolute atomic E-state index is 11.8. The quantitative estimate of drug-likeness (QED) is 0.638. The van der Waals surface area contributed by atoms with E-state index in [9.17, 15) is 4.79 Å². The van der Waals surface area contributed by atoms with E-state index >= 15 is 0 Å². The van der Waals surface area contributed by atoms with Gasteiger partial charge in [0.2, 0.25) is 5.91 Å². The molecule has 1 aliphatic heterocycles. The largest absolute Gasteiger partial charge is 0.339 e. The van der Waals surface area contributed by atoms with E-state index in [1.807, 2.05) is 0 Å². The van der Waals surface area contributed by atoms with E-state index in [0.29, 0.717) is 17.9 Å². The summed E-state index contributed by atoms with van der Waals surface area (Å²) in [6.07, 6.45) is 4.71. The number of amides is 1. The van der Waals surface area contributed by atoms with Gasteiger partial charge in [0.1, 0.15) is 0 Å². The van der Waals surface area contributed by atoms with Gasteiger partial charge < -0.3 is 4.90 Å². The standard InChI is InChI=1S/C11H19NO/c1-3-9-6-7-12(8(9)2)11(13)10-4-5-10/h8-10H,3-7H2,1-2H3. The number of hydrogen-bond acceptors (Lipinski definition) is 1. The molecule has 1 saturated heterocycles. The highest BCUT2D eigenvalue weighted by Crippen LogP contribution is 2.35. The summed E-state index contributed by atoms with van der Waals surface area (Å²) in [5.41, 5.74) is 0. The van der Waals surface area contributed by atoms with E-state index in [-0.39, 0.29) is 0 Å². The first-order valence-electron chi connectivity index (χ1n) is 5.54. The first kappa shape index (κ1) is 9.04. The lowest BCUT2D eigenvalue weighted by molar-refractivity contribution is -0.133. The fourth-order valence-corrected chi connectivity index (χ4v) is 2.43. The van der Waals surface area contributed by atoms with E-state index in [1.54, 1.807) is 0 Å². The average molecular weight is 181 g/mol. The second-order valence-corrected chi connectivity index (χ2v) is 4.50. The molecule has 0 aromatic heterocycles. The Balaban J connectivity index is 1.96. The molecule has 13 heavy (non-hydrogen) atoms. The van der Waals surface area contributed by atoms with Crippen molar-refractivity contribution in [2.24, 2.45) is 11.8 Å². The van der Waals surface area contributed by atoms with E-state index in [1.165, 1.54) is 12.8 Å². The van der Waals surface area contributed by atoms with Crippen molar-refractivity contribution in [3.8, 4) is 0 Å². The lowest BCUT2D eigenvalue weighted by atomic mass is 9.99. The van der Waals surface area contributed by atoms with Crippen molar-refractivity contribution in [1.82, 2.24) is 4.90 Å². The maximum Gasteiger partial charge on any atom is 0.225 e. The van der Waals surface area contributed by atoms with Gasteiger partial charge in [0.25, 0.3) is 0 Å². The third-order valence-corrected chi connectivity index (χ3v) is 3.65. The van der Waals surface area contributed by atoms with Crippen molar-refractivity contribution < 1.29 is 4.79 Å². The molecule has 2 atom stereocenters. The van der Waals surface area contributed by atoms with Crippen molar-refractivity contribution in [1.29, 1.82) is 0 Å². The molecule has 1 aliphatic carbocycles. The Bertz CT molecular complexity index is 210. The topological polar surface area (TPSA) is 20.3 Å². The molecular formula is C11H19NO. The predicted molar refractivity (Wildman–Crippen MR) is 52.3 cm³/mol. The number of carbonyl (C=O) groups is 1. The van der Waals surface area contributed by atoms with Crippen LogP contribution in [0.5, 0.6) is 0 Å². The summed E-state index contributed by atoms with van der Waals surface area (Å²) in [5.74, 6) is 1.59. The van der Waals surface area contributed by atoms with E-state index in [2.05, 4.69) is 18.7 Å². The van der Waals surface area contributed by atoms with Crippen molar-refractivity contribution in [2.45, 2.75) is 45.6 Å². The third kappa shape index (κ3) is 1.59. The van der Waals surface area contributed by atoms with Crippen LogP contribution in [0.1, 0.15) is 39.5 Å². The number of rotatable bonds is 2. The molecule has 74 valence electrons. The Morgan fingerprint density at radius 2 is 2.08 bits per heavy atom. The lowest BCUT2D eigenvalue weighted by Crippen LogP contribution is -2.36. The number of nitrogens with zero attached hydrogens (tertiary/aromatic N) is 1. The Hall–Kier alpha value is -0.530. The summed E-state index contributed by atoms with van der Waals surface area (Å²) >= 11 is 0. The van der Waals surface area contributed by atoms with E-state index < -0.39 is 0 Å². The molecule has 2 heteroatoms. The number of carbonyl (C=O) groups excluding carboxylic acids is 1. The van der Waals surface area contributed by atoms with Gasteiger partial charge in [-0.2, -0.15) is 0 Å². The Kier molecular flexibility index (Phi) is 2.31. The predicted octanol–water partition coefficient (Wildman–Crippen LogP) is 2.04. The molecule has 2 fully saturated rings. The van der Waals surface area contributed by atoms with Crippen LogP contribution in [0.4, 0.5) is 0 Å². The van der Waals surface area contributed by atoms with Crippen LogP contribution in [0.25, 0.3) is 0 Å². The monoisotopic (exact) mass is 181 g/mol. The molecule has 0 N–H and O–H groups in total. The van der Waals surface area contributed by atoms with Gasteiger partial charge >= 0.3 is 0 Å². The zero-order chi connectivity index (χ0) is 9.42. The Morgan fingerprint density at radius 3 is 2.54 bits per heavy atom. The van der Waals surface area contributed by atoms with Gasteiger partial charge in [-0.15, -0.1) is 0 Å². The van der Waals surface area contributed by atoms with E-state index in [4.69, 9.17) is 0 Å². The molecule has 0 aromatic rings. The molecule has 0 bridgehead atoms. The molecule has 2 nitrogen and oxygen atoms in total. The van der Waals surface area contributed by atoms with Crippen molar-refractivity contribution in [3.63, 3.8) is 0 Å². The summed E-state index contributed by atoms with van der Waals surface area (Å²) in [6.45, 7) is 5.45. The molecule has 1 amide bonds. The van der Waals surface area contributed by atoms with Crippen LogP contribution in [-0.2, 0) is 4.79 Å². The Morgan fingerprint density at radius 1 is 1.38 bits per heavy atom. The van der Waals surface area contributed by atoms with Crippen LogP contribution < -0.4 is 0 Å². The summed E-state index contributed by atoms with van der Waals surface area (Å²) in [4.78, 5) is 13.9. The fourth-order valence-electron chi connectivity index (χ4n) is 2.43. The second kappa shape index (κ2) is 3.32. The fraction of sp³-hybridized carbons (Fsp3) is 0.909. The van der Waals surface area contributed by atoms with Crippen molar-refractivity contribution in [2.75, 3.05) is 6.54 Å². The summed E-state index contributed by atoms with van der Waals surface area (Å²) < 4.78 is 0. The average Bonchev–Trinajstić information content (AvgIpc) is 2.89. The highest BCUT2D eigenvalue weighted by molar-refractivity contribution is 5.81. The molecule has 1 saturated carbocycles. The van der Waals surface area contributed by atoms with Crippen LogP contribution in [0.15, 0.2) is 0 Å². The number of hydrogen-bond donors (Lipinski definition) is 0. The zero-order valence-electron chi connectivity index (χ0n) is 8.62. The minimum absolute atomic E-state index is 0.401. The van der Waals surface area contributed by atoms with Gasteiger partial charge in [0.15, 0.2) is 0 Å². The van der Waals surface area contributed by atoms with Crippen LogP contribution >= 0.6 is 0 Å². The molecule has 0 aromatic carbocycles. The summed E-state index contributed by atoms with van der Waals surface area (Å²) in [5, 5.41) is 0. The van der Waals surface area contributed by atoms with Crippen LogP contribution in [0.2, 0.25) is 0 Å². The van der Waals surface area contributed by atoms with Gasteiger partial charge in [-0.25, -0.2) is 0 Å². The van der Waals surface area contributed by atoms with Crippen LogP contribution in [0.3, 0.4) is 0 Å². The molecule has 0 radical (unpaired) electrons. The van der Waals surface area contributed by atoms with Gasteiger partial charge in [-0.3, -0.25) is 4.79 Å². The molecule has 2 aliphatic rings. The second-order valence-electron chi connectivity index (χ2n) is 4.50. The highest BCUT2D eigenvalue weighted by atomic mass is 16.2. The number of likely N-dealkylation sites (tertiary alicyclic amines) is 1. The molecule has 1 heterocycles. The van der Waals surface area contributed by atoms with Gasteiger partial charge in [0.05, 0.1) is 0 Å². The summed E-state index contributed by atoms with van der Waals surface area (Å²) in [6, 6.07) is 0.498. The normalized spacial score (nSPS) is 33.8. The minimum Gasteiger partial charge on any atom is -0.339 e. The zero-order valence-corrected chi connectivity index (χ0v) is 8.62. The highest BCUT2D eigenvalue weighted by Gasteiger charge is 2.39. The molecule has 0 spiro atoms. The lowest BCUT2D eigenvalue weighted by Gasteiger charge is -2.24. The van der Waals surface area contributed by atoms with Crippen LogP contribution in [-0.4, -0.2) is 23.4 Å². The minimum atomic E-state index is 0.401. The van der Waals surface area contributed by atoms with Gasteiger partial charge in [-0.05, 0) is 32.1 Å². The van der Waals surface area contributed by atoms with Crippen molar-refractivity contribution >= 4 is 5.91 Å². The maximum atomic E-state index is 11.8. The summed E-state index contributed by atoms with van der Waals surface area (Å²) in [7, 11) is 0. The molecule has 2 unspecified atom stereocenters. The van der Waals surface area contributed by atoms with Gasteiger partial charge in [0, 0.05) is 18.5 Å².